The number of carbonyl (C=O) groups excluding carboxylic acids is 2. The number of esters is 2. The molecular formula is C17H20N2O5. The molecule has 0 bridgehead atoms. The topological polar surface area (TPSA) is 77.1 Å². The van der Waals surface area contributed by atoms with Gasteiger partial charge in [0.05, 0.1) is 18.3 Å². The molecule has 0 radical (unpaired) electrons. The third-order valence-corrected chi connectivity index (χ3v) is 3.67. The fourth-order valence-corrected chi connectivity index (χ4v) is 2.76. The highest BCUT2D eigenvalue weighted by Gasteiger charge is 2.48. The quantitative estimate of drug-likeness (QED) is 0.833. The Kier molecular flexibility index (Phi) is 4.44. The van der Waals surface area contributed by atoms with Crippen LogP contribution in [0.4, 0.5) is 5.69 Å². The van der Waals surface area contributed by atoms with E-state index < -0.39 is 17.8 Å². The summed E-state index contributed by atoms with van der Waals surface area (Å²) in [6.07, 6.45) is 2.12. The molecule has 2 heterocycles. The third-order valence-electron chi connectivity index (χ3n) is 3.67. The SMILES string of the molecule is CC(C)Oc1ccccc1N1CCNCC12OC(=O)C=CC(=O)O2. The van der Waals surface area contributed by atoms with Gasteiger partial charge in [0.25, 0.3) is 0 Å². The average Bonchev–Trinajstić information content (AvgIpc) is 2.67. The van der Waals surface area contributed by atoms with Crippen LogP contribution in [0, 0.1) is 0 Å². The van der Waals surface area contributed by atoms with Crippen LogP contribution in [0.15, 0.2) is 36.4 Å². The van der Waals surface area contributed by atoms with Crippen molar-refractivity contribution in [3.8, 4) is 5.75 Å². The van der Waals surface area contributed by atoms with E-state index in [1.54, 1.807) is 4.90 Å². The highest BCUT2D eigenvalue weighted by atomic mass is 16.8. The van der Waals surface area contributed by atoms with Crippen LogP contribution >= 0.6 is 0 Å². The van der Waals surface area contributed by atoms with E-state index in [0.717, 1.165) is 12.2 Å². The van der Waals surface area contributed by atoms with Crippen molar-refractivity contribution in [1.82, 2.24) is 5.32 Å². The predicted molar refractivity (Wildman–Crippen MR) is 86.5 cm³/mol. The first-order valence-corrected chi connectivity index (χ1v) is 7.88. The molecule has 7 heteroatoms. The summed E-state index contributed by atoms with van der Waals surface area (Å²) in [5.74, 6) is -2.15. The van der Waals surface area contributed by atoms with Crippen LogP contribution in [0.2, 0.25) is 0 Å². The third kappa shape index (κ3) is 3.21. The number of benzene rings is 1. The number of anilines is 1. The first kappa shape index (κ1) is 16.3. The lowest BCUT2D eigenvalue weighted by molar-refractivity contribution is -0.221. The van der Waals surface area contributed by atoms with Gasteiger partial charge in [-0.25, -0.2) is 9.59 Å². The molecule has 1 aromatic carbocycles. The second kappa shape index (κ2) is 6.52. The molecule has 1 spiro atoms. The van der Waals surface area contributed by atoms with Gasteiger partial charge in [-0.1, -0.05) is 12.1 Å². The Hall–Kier alpha value is -2.54. The minimum atomic E-state index is -1.54. The summed E-state index contributed by atoms with van der Waals surface area (Å²) in [4.78, 5) is 25.6. The van der Waals surface area contributed by atoms with E-state index in [1.807, 2.05) is 38.1 Å². The van der Waals surface area contributed by atoms with Gasteiger partial charge in [-0.2, -0.15) is 0 Å². The molecule has 1 aromatic rings. The van der Waals surface area contributed by atoms with E-state index in [4.69, 9.17) is 14.2 Å². The lowest BCUT2D eigenvalue weighted by Crippen LogP contribution is -2.65. The first-order valence-electron chi connectivity index (χ1n) is 7.88. The van der Waals surface area contributed by atoms with E-state index in [-0.39, 0.29) is 12.6 Å². The minimum Gasteiger partial charge on any atom is -0.489 e. The molecule has 0 saturated carbocycles. The molecule has 128 valence electrons. The van der Waals surface area contributed by atoms with Gasteiger partial charge in [0.15, 0.2) is 0 Å². The fourth-order valence-electron chi connectivity index (χ4n) is 2.76. The van der Waals surface area contributed by atoms with Crippen molar-refractivity contribution in [3.05, 3.63) is 36.4 Å². The maximum absolute atomic E-state index is 11.9. The van der Waals surface area contributed by atoms with E-state index in [0.29, 0.717) is 24.5 Å². The molecule has 0 aromatic heterocycles. The van der Waals surface area contributed by atoms with Crippen molar-refractivity contribution in [2.45, 2.75) is 25.9 Å². The Morgan fingerprint density at radius 1 is 1.17 bits per heavy atom. The van der Waals surface area contributed by atoms with Crippen molar-refractivity contribution >= 4 is 17.6 Å². The Bertz CT molecular complexity index is 651. The van der Waals surface area contributed by atoms with Gasteiger partial charge in [0, 0.05) is 25.2 Å². The second-order valence-electron chi connectivity index (χ2n) is 5.85. The number of ether oxygens (including phenoxy) is 3. The standard InChI is InChI=1S/C17H20N2O5/c1-12(2)22-14-6-4-3-5-13(14)19-10-9-18-11-17(19)23-15(20)7-8-16(21)24-17/h3-8,12,18H,9-11H2,1-2H3. The Morgan fingerprint density at radius 2 is 1.83 bits per heavy atom. The van der Waals surface area contributed by atoms with Crippen molar-refractivity contribution < 1.29 is 23.8 Å². The van der Waals surface area contributed by atoms with Crippen molar-refractivity contribution in [3.63, 3.8) is 0 Å². The maximum Gasteiger partial charge on any atom is 0.356 e. The normalized spacial score (nSPS) is 19.9. The summed E-state index contributed by atoms with van der Waals surface area (Å²) >= 11 is 0. The van der Waals surface area contributed by atoms with Crippen LogP contribution in [0.5, 0.6) is 5.75 Å². The molecule has 0 amide bonds. The molecule has 7 nitrogen and oxygen atoms in total. The summed E-state index contributed by atoms with van der Waals surface area (Å²) in [6, 6.07) is 7.41. The Balaban J connectivity index is 2.02. The number of hydrogen-bond acceptors (Lipinski definition) is 7. The largest absolute Gasteiger partial charge is 0.489 e. The van der Waals surface area contributed by atoms with Gasteiger partial charge in [-0.15, -0.1) is 0 Å². The molecule has 3 rings (SSSR count). The zero-order valence-electron chi connectivity index (χ0n) is 13.7. The Labute approximate surface area is 140 Å². The van der Waals surface area contributed by atoms with Crippen LogP contribution in [-0.4, -0.2) is 43.6 Å². The van der Waals surface area contributed by atoms with E-state index in [2.05, 4.69) is 5.32 Å². The summed E-state index contributed by atoms with van der Waals surface area (Å²) in [7, 11) is 0. The highest BCUT2D eigenvalue weighted by molar-refractivity contribution is 5.93. The van der Waals surface area contributed by atoms with Gasteiger partial charge in [0.2, 0.25) is 0 Å². The summed E-state index contributed by atoms with van der Waals surface area (Å²) in [6.45, 7) is 5.17. The summed E-state index contributed by atoms with van der Waals surface area (Å²) in [5, 5.41) is 3.11. The number of piperazine rings is 1. The van der Waals surface area contributed by atoms with Crippen molar-refractivity contribution in [2.75, 3.05) is 24.5 Å². The van der Waals surface area contributed by atoms with Crippen LogP contribution in [-0.2, 0) is 19.1 Å². The molecule has 0 aliphatic carbocycles. The van der Waals surface area contributed by atoms with Crippen molar-refractivity contribution in [2.24, 2.45) is 0 Å². The van der Waals surface area contributed by atoms with E-state index in [1.165, 1.54) is 0 Å². The molecule has 2 aliphatic heterocycles. The van der Waals surface area contributed by atoms with Crippen molar-refractivity contribution in [1.29, 1.82) is 0 Å². The molecule has 0 atom stereocenters. The van der Waals surface area contributed by atoms with Crippen LogP contribution < -0.4 is 15.0 Å². The van der Waals surface area contributed by atoms with Crippen LogP contribution in [0.25, 0.3) is 0 Å². The van der Waals surface area contributed by atoms with Gasteiger partial charge in [0.1, 0.15) is 5.75 Å². The van der Waals surface area contributed by atoms with Gasteiger partial charge in [-0.3, -0.25) is 4.90 Å². The molecule has 1 fully saturated rings. The average molecular weight is 332 g/mol. The molecule has 1 N–H and O–H groups in total. The number of carbonyl (C=O) groups is 2. The minimum absolute atomic E-state index is 0.0223. The number of nitrogens with one attached hydrogen (secondary N) is 1. The number of nitrogens with zero attached hydrogens (tertiary/aromatic N) is 1. The molecule has 2 aliphatic rings. The summed E-state index contributed by atoms with van der Waals surface area (Å²) in [5.41, 5.74) is 0.704. The molecule has 24 heavy (non-hydrogen) atoms. The molecule has 1 saturated heterocycles. The van der Waals surface area contributed by atoms with Gasteiger partial charge in [-0.05, 0) is 26.0 Å². The lowest BCUT2D eigenvalue weighted by Gasteiger charge is -2.45. The van der Waals surface area contributed by atoms with Crippen LogP contribution in [0.3, 0.4) is 0 Å². The number of para-hydroxylation sites is 2. The number of rotatable bonds is 3. The highest BCUT2D eigenvalue weighted by Crippen LogP contribution is 2.36. The zero-order chi connectivity index (χ0) is 17.2. The Morgan fingerprint density at radius 3 is 2.50 bits per heavy atom. The van der Waals surface area contributed by atoms with Crippen LogP contribution in [0.1, 0.15) is 13.8 Å². The van der Waals surface area contributed by atoms with E-state index >= 15 is 0 Å². The molecular weight excluding hydrogens is 312 g/mol. The molecule has 0 unspecified atom stereocenters. The fraction of sp³-hybridized carbons (Fsp3) is 0.412. The second-order valence-corrected chi connectivity index (χ2v) is 5.85. The van der Waals surface area contributed by atoms with Gasteiger partial charge >= 0.3 is 17.8 Å². The summed E-state index contributed by atoms with van der Waals surface area (Å²) < 4.78 is 16.8. The number of hydrogen-bond donors (Lipinski definition) is 1. The zero-order valence-corrected chi connectivity index (χ0v) is 13.7. The van der Waals surface area contributed by atoms with E-state index in [9.17, 15) is 9.59 Å². The smallest absolute Gasteiger partial charge is 0.356 e. The maximum atomic E-state index is 11.9. The van der Waals surface area contributed by atoms with Gasteiger partial charge < -0.3 is 19.5 Å². The monoisotopic (exact) mass is 332 g/mol. The predicted octanol–water partition coefficient (Wildman–Crippen LogP) is 1.19. The first-order chi connectivity index (χ1) is 11.5. The lowest BCUT2D eigenvalue weighted by atomic mass is 10.2.